The molecule has 0 spiro atoms. The second-order valence-corrected chi connectivity index (χ2v) is 4.54. The zero-order valence-corrected chi connectivity index (χ0v) is 8.67. The van der Waals surface area contributed by atoms with Gasteiger partial charge in [0.25, 0.3) is 0 Å². The molecular weight excluding hydrogens is 158 g/mol. The van der Waals surface area contributed by atoms with Crippen molar-refractivity contribution in [3.63, 3.8) is 0 Å². The highest BCUT2D eigenvalue weighted by Gasteiger charge is 2.44. The summed E-state index contributed by atoms with van der Waals surface area (Å²) in [4.78, 5) is 2.24. The number of rotatable bonds is 0. The maximum absolute atomic E-state index is 4.17. The topological polar surface area (TPSA) is 3.24 Å². The van der Waals surface area contributed by atoms with Crippen LogP contribution in [0, 0.1) is 11.3 Å². The van der Waals surface area contributed by atoms with Crippen LogP contribution in [0.25, 0.3) is 0 Å². The minimum absolute atomic E-state index is 0.228. The highest BCUT2D eigenvalue weighted by molar-refractivity contribution is 5.34. The summed E-state index contributed by atoms with van der Waals surface area (Å²) < 4.78 is 0. The van der Waals surface area contributed by atoms with E-state index in [-0.39, 0.29) is 5.41 Å². The molecule has 1 heteroatoms. The molecule has 0 saturated carbocycles. The van der Waals surface area contributed by atoms with Gasteiger partial charge in [0.1, 0.15) is 0 Å². The van der Waals surface area contributed by atoms with Gasteiger partial charge in [0, 0.05) is 29.8 Å². The molecule has 1 nitrogen and oxygen atoms in total. The van der Waals surface area contributed by atoms with Gasteiger partial charge < -0.3 is 4.90 Å². The highest BCUT2D eigenvalue weighted by Crippen LogP contribution is 2.51. The molecule has 1 aliphatic heterocycles. The lowest BCUT2D eigenvalue weighted by Crippen LogP contribution is -2.20. The van der Waals surface area contributed by atoms with E-state index in [4.69, 9.17) is 0 Å². The monoisotopic (exact) mass is 175 g/mol. The van der Waals surface area contributed by atoms with Gasteiger partial charge in [0.2, 0.25) is 0 Å². The number of likely N-dealkylation sites (tertiary alicyclic amines) is 1. The number of hydrogen-bond donors (Lipinski definition) is 0. The minimum atomic E-state index is 0.228. The third-order valence-electron chi connectivity index (χ3n) is 3.54. The van der Waals surface area contributed by atoms with E-state index in [0.29, 0.717) is 5.92 Å². The van der Waals surface area contributed by atoms with Gasteiger partial charge in [-0.15, -0.1) is 0 Å². The zero-order valence-electron chi connectivity index (χ0n) is 8.67. The molecule has 0 N–H and O–H groups in total. The van der Waals surface area contributed by atoms with Gasteiger partial charge in [-0.3, -0.25) is 0 Å². The molecule has 2 rings (SSSR count). The lowest BCUT2D eigenvalue weighted by molar-refractivity contribution is 0.341. The van der Waals surface area contributed by atoms with E-state index < -0.39 is 0 Å². The Kier molecular flexibility index (Phi) is 1.66. The van der Waals surface area contributed by atoms with Crippen LogP contribution in [0.5, 0.6) is 0 Å². The number of nitrogens with zero attached hydrogens (tertiary/aromatic N) is 1. The lowest BCUT2D eigenvalue weighted by atomic mass is 9.76. The molecule has 0 aromatic rings. The summed E-state index contributed by atoms with van der Waals surface area (Å²) in [7, 11) is 2.12. The molecule has 0 aromatic heterocycles. The van der Waals surface area contributed by atoms with Crippen LogP contribution in [0.1, 0.15) is 20.3 Å². The standard InChI is InChI=1S/C12H17N/c1-9-12(2,3)10-7-5-6-8-11(10)13(9)4/h5-6,8,10H,1,7H2,2-4H3. The largest absolute Gasteiger partial charge is 0.351 e. The first-order valence-electron chi connectivity index (χ1n) is 4.85. The molecule has 1 fully saturated rings. The molecule has 2 aliphatic rings. The molecule has 70 valence electrons. The number of allylic oxidation sites excluding steroid dienone is 5. The van der Waals surface area contributed by atoms with E-state index in [1.807, 2.05) is 0 Å². The highest BCUT2D eigenvalue weighted by atomic mass is 15.2. The Labute approximate surface area is 80.4 Å². The summed E-state index contributed by atoms with van der Waals surface area (Å²) in [5, 5.41) is 0. The maximum atomic E-state index is 4.17. The first-order chi connectivity index (χ1) is 6.05. The molecule has 13 heavy (non-hydrogen) atoms. The molecule has 1 unspecified atom stereocenters. The second kappa shape index (κ2) is 2.50. The third kappa shape index (κ3) is 0.995. The maximum Gasteiger partial charge on any atom is 0.0217 e. The summed E-state index contributed by atoms with van der Waals surface area (Å²) >= 11 is 0. The van der Waals surface area contributed by atoms with Gasteiger partial charge in [-0.25, -0.2) is 0 Å². The molecule has 0 radical (unpaired) electrons. The molecule has 1 aliphatic carbocycles. The van der Waals surface area contributed by atoms with Crippen molar-refractivity contribution in [2.75, 3.05) is 7.05 Å². The first-order valence-corrected chi connectivity index (χ1v) is 4.85. The van der Waals surface area contributed by atoms with Crippen LogP contribution in [-0.2, 0) is 0 Å². The van der Waals surface area contributed by atoms with Gasteiger partial charge in [-0.05, 0) is 12.5 Å². The summed E-state index contributed by atoms with van der Waals surface area (Å²) in [5.74, 6) is 0.634. The van der Waals surface area contributed by atoms with Crippen molar-refractivity contribution >= 4 is 0 Å². The van der Waals surface area contributed by atoms with Crippen molar-refractivity contribution in [1.82, 2.24) is 4.90 Å². The predicted molar refractivity (Wildman–Crippen MR) is 56.0 cm³/mol. The van der Waals surface area contributed by atoms with Crippen molar-refractivity contribution < 1.29 is 0 Å². The molecule has 1 heterocycles. The Bertz CT molecular complexity index is 307. The van der Waals surface area contributed by atoms with E-state index in [9.17, 15) is 0 Å². The Balaban J connectivity index is 2.46. The Hall–Kier alpha value is -0.980. The van der Waals surface area contributed by atoms with Crippen LogP contribution in [0.15, 0.2) is 36.2 Å². The van der Waals surface area contributed by atoms with Crippen LogP contribution in [0.2, 0.25) is 0 Å². The average molecular weight is 175 g/mol. The fraction of sp³-hybridized carbons (Fsp3) is 0.500. The molecule has 0 amide bonds. The van der Waals surface area contributed by atoms with E-state index in [2.05, 4.69) is 50.6 Å². The summed E-state index contributed by atoms with van der Waals surface area (Å²) in [6.07, 6.45) is 7.77. The van der Waals surface area contributed by atoms with Crippen molar-refractivity contribution in [2.24, 2.45) is 11.3 Å². The van der Waals surface area contributed by atoms with E-state index in [1.165, 1.54) is 11.4 Å². The van der Waals surface area contributed by atoms with Gasteiger partial charge in [-0.1, -0.05) is 32.6 Å². The zero-order chi connectivity index (χ0) is 9.64. The van der Waals surface area contributed by atoms with Crippen LogP contribution in [0.4, 0.5) is 0 Å². The van der Waals surface area contributed by atoms with E-state index >= 15 is 0 Å². The summed E-state index contributed by atoms with van der Waals surface area (Å²) in [6, 6.07) is 0. The Morgan fingerprint density at radius 3 is 2.85 bits per heavy atom. The Morgan fingerprint density at radius 2 is 2.23 bits per heavy atom. The van der Waals surface area contributed by atoms with Gasteiger partial charge >= 0.3 is 0 Å². The van der Waals surface area contributed by atoms with Crippen LogP contribution < -0.4 is 0 Å². The van der Waals surface area contributed by atoms with Crippen molar-refractivity contribution in [1.29, 1.82) is 0 Å². The van der Waals surface area contributed by atoms with Gasteiger partial charge in [0.15, 0.2) is 0 Å². The quantitative estimate of drug-likeness (QED) is 0.547. The lowest BCUT2D eigenvalue weighted by Gasteiger charge is -2.26. The molecule has 0 aromatic carbocycles. The van der Waals surface area contributed by atoms with E-state index in [0.717, 1.165) is 6.42 Å². The third-order valence-corrected chi connectivity index (χ3v) is 3.54. The van der Waals surface area contributed by atoms with Crippen LogP contribution in [-0.4, -0.2) is 11.9 Å². The molecule has 1 saturated heterocycles. The second-order valence-electron chi connectivity index (χ2n) is 4.54. The number of fused-ring (bicyclic) bond motifs is 1. The van der Waals surface area contributed by atoms with Gasteiger partial charge in [-0.2, -0.15) is 0 Å². The normalized spacial score (nSPS) is 30.4. The van der Waals surface area contributed by atoms with Crippen molar-refractivity contribution in [2.45, 2.75) is 20.3 Å². The summed E-state index contributed by atoms with van der Waals surface area (Å²) in [6.45, 7) is 8.75. The fourth-order valence-corrected chi connectivity index (χ4v) is 2.42. The van der Waals surface area contributed by atoms with Crippen LogP contribution in [0.3, 0.4) is 0 Å². The first kappa shape index (κ1) is 8.61. The van der Waals surface area contributed by atoms with E-state index in [1.54, 1.807) is 0 Å². The molecular formula is C12H17N. The predicted octanol–water partition coefficient (Wildman–Crippen LogP) is 2.93. The SMILES string of the molecule is C=C1N(C)C2=CC=CCC2C1(C)C. The average Bonchev–Trinajstić information content (AvgIpc) is 2.30. The van der Waals surface area contributed by atoms with Crippen molar-refractivity contribution in [3.8, 4) is 0 Å². The molecule has 0 bridgehead atoms. The van der Waals surface area contributed by atoms with Crippen LogP contribution >= 0.6 is 0 Å². The Morgan fingerprint density at radius 1 is 1.54 bits per heavy atom. The van der Waals surface area contributed by atoms with Crippen molar-refractivity contribution in [3.05, 3.63) is 36.2 Å². The number of hydrogen-bond acceptors (Lipinski definition) is 1. The minimum Gasteiger partial charge on any atom is -0.351 e. The summed E-state index contributed by atoms with van der Waals surface area (Å²) in [5.41, 5.74) is 2.90. The van der Waals surface area contributed by atoms with Gasteiger partial charge in [0.05, 0.1) is 0 Å². The smallest absolute Gasteiger partial charge is 0.0217 e. The molecule has 1 atom stereocenters. The fourth-order valence-electron chi connectivity index (χ4n) is 2.42.